The van der Waals surface area contributed by atoms with Crippen LogP contribution in [0.2, 0.25) is 5.02 Å². The van der Waals surface area contributed by atoms with Crippen molar-refractivity contribution in [1.29, 1.82) is 0 Å². The normalized spacial score (nSPS) is 12.8. The molecule has 7 heteroatoms. The smallest absolute Gasteiger partial charge is 0.224 e. The van der Waals surface area contributed by atoms with E-state index < -0.39 is 0 Å². The SMILES string of the molecule is Cl.Cl.NCCCCCCC(=O)Nc1cc(Cl)ccc1NC1CC1. The molecule has 1 amide bonds. The minimum absolute atomic E-state index is 0. The Bertz CT molecular complexity index is 482. The number of hydrogen-bond donors (Lipinski definition) is 3. The van der Waals surface area contributed by atoms with E-state index in [1.54, 1.807) is 6.07 Å². The zero-order valence-corrected chi connectivity index (χ0v) is 15.5. The molecule has 0 spiro atoms. The van der Waals surface area contributed by atoms with Crippen LogP contribution in [0.1, 0.15) is 44.9 Å². The minimum Gasteiger partial charge on any atom is -0.381 e. The number of anilines is 2. The van der Waals surface area contributed by atoms with E-state index in [-0.39, 0.29) is 30.7 Å². The summed E-state index contributed by atoms with van der Waals surface area (Å²) in [5.41, 5.74) is 7.19. The van der Waals surface area contributed by atoms with Gasteiger partial charge >= 0.3 is 0 Å². The number of unbranched alkanes of at least 4 members (excludes halogenated alkanes) is 3. The maximum atomic E-state index is 12.0. The number of hydrogen-bond acceptors (Lipinski definition) is 3. The fraction of sp³-hybridized carbons (Fsp3) is 0.562. The summed E-state index contributed by atoms with van der Waals surface area (Å²) in [5.74, 6) is 0.0452. The molecular weight excluding hydrogens is 357 g/mol. The lowest BCUT2D eigenvalue weighted by molar-refractivity contribution is -0.116. The lowest BCUT2D eigenvalue weighted by Gasteiger charge is -2.13. The van der Waals surface area contributed by atoms with Crippen molar-refractivity contribution >= 4 is 53.7 Å². The molecule has 1 fully saturated rings. The molecule has 1 aromatic carbocycles. The van der Waals surface area contributed by atoms with Gasteiger partial charge in [-0.05, 0) is 50.4 Å². The van der Waals surface area contributed by atoms with E-state index in [0.717, 1.165) is 43.6 Å². The maximum absolute atomic E-state index is 12.0. The van der Waals surface area contributed by atoms with Crippen LogP contribution < -0.4 is 16.4 Å². The Balaban J connectivity index is 0.00000242. The summed E-state index contributed by atoms with van der Waals surface area (Å²) in [4.78, 5) is 12.0. The van der Waals surface area contributed by atoms with E-state index in [1.807, 2.05) is 12.1 Å². The second kappa shape index (κ2) is 11.8. The Morgan fingerprint density at radius 2 is 1.83 bits per heavy atom. The van der Waals surface area contributed by atoms with Gasteiger partial charge in [0.25, 0.3) is 0 Å². The van der Waals surface area contributed by atoms with Crippen LogP contribution in [0.15, 0.2) is 18.2 Å². The third-order valence-electron chi connectivity index (χ3n) is 3.55. The van der Waals surface area contributed by atoms with Crippen LogP contribution in [0, 0.1) is 0 Å². The molecule has 23 heavy (non-hydrogen) atoms. The molecule has 0 atom stereocenters. The summed E-state index contributed by atoms with van der Waals surface area (Å²) < 4.78 is 0. The molecule has 4 N–H and O–H groups in total. The van der Waals surface area contributed by atoms with Gasteiger partial charge in [-0.1, -0.05) is 24.4 Å². The molecule has 4 nitrogen and oxygen atoms in total. The van der Waals surface area contributed by atoms with Crippen molar-refractivity contribution in [2.45, 2.75) is 51.0 Å². The van der Waals surface area contributed by atoms with Crippen LogP contribution in [-0.2, 0) is 4.79 Å². The Hall–Kier alpha value is -0.680. The average Bonchev–Trinajstić information content (AvgIpc) is 3.26. The maximum Gasteiger partial charge on any atom is 0.224 e. The van der Waals surface area contributed by atoms with Gasteiger partial charge in [0, 0.05) is 17.5 Å². The van der Waals surface area contributed by atoms with Gasteiger partial charge in [0.1, 0.15) is 0 Å². The first-order chi connectivity index (χ1) is 10.2. The summed E-state index contributed by atoms with van der Waals surface area (Å²) in [6.07, 6.45) is 7.00. The highest BCUT2D eigenvalue weighted by Crippen LogP contribution is 2.31. The Kier molecular flexibility index (Phi) is 11.4. The van der Waals surface area contributed by atoms with Crippen molar-refractivity contribution in [1.82, 2.24) is 0 Å². The molecule has 0 aliphatic heterocycles. The second-order valence-corrected chi connectivity index (χ2v) is 6.05. The number of carbonyl (C=O) groups is 1. The molecular formula is C16H26Cl3N3O. The first-order valence-corrected chi connectivity index (χ1v) is 8.13. The zero-order valence-electron chi connectivity index (χ0n) is 13.1. The van der Waals surface area contributed by atoms with Gasteiger partial charge in [-0.25, -0.2) is 0 Å². The Labute approximate surface area is 155 Å². The van der Waals surface area contributed by atoms with Crippen LogP contribution in [0.5, 0.6) is 0 Å². The predicted molar refractivity (Wildman–Crippen MR) is 103 cm³/mol. The standard InChI is InChI=1S/C16H24ClN3O.2ClH/c17-12-6-9-14(19-13-7-8-13)15(11-12)20-16(21)5-3-1-2-4-10-18;;/h6,9,11,13,19H,1-5,7-8,10,18H2,(H,20,21);2*1H. The molecule has 0 unspecified atom stereocenters. The molecule has 0 radical (unpaired) electrons. The molecule has 1 aliphatic rings. The Morgan fingerprint density at radius 1 is 1.13 bits per heavy atom. The third kappa shape index (κ3) is 8.66. The van der Waals surface area contributed by atoms with Crippen LogP contribution >= 0.6 is 36.4 Å². The highest BCUT2D eigenvalue weighted by molar-refractivity contribution is 6.31. The third-order valence-corrected chi connectivity index (χ3v) is 3.79. The first-order valence-electron chi connectivity index (χ1n) is 7.75. The molecule has 1 saturated carbocycles. The number of halogens is 3. The first kappa shape index (κ1) is 22.3. The molecule has 0 saturated heterocycles. The summed E-state index contributed by atoms with van der Waals surface area (Å²) in [6.45, 7) is 0.727. The molecule has 132 valence electrons. The molecule has 2 rings (SSSR count). The van der Waals surface area contributed by atoms with E-state index in [1.165, 1.54) is 12.8 Å². The van der Waals surface area contributed by atoms with Gasteiger partial charge in [-0.15, -0.1) is 24.8 Å². The zero-order chi connectivity index (χ0) is 15.1. The van der Waals surface area contributed by atoms with E-state index in [0.29, 0.717) is 17.5 Å². The van der Waals surface area contributed by atoms with Crippen molar-refractivity contribution in [3.8, 4) is 0 Å². The lowest BCUT2D eigenvalue weighted by Crippen LogP contribution is -2.13. The summed E-state index contributed by atoms with van der Waals surface area (Å²) in [6, 6.07) is 6.11. The number of nitrogens with one attached hydrogen (secondary N) is 2. The summed E-state index contributed by atoms with van der Waals surface area (Å²) >= 11 is 6.02. The highest BCUT2D eigenvalue weighted by Gasteiger charge is 2.22. The number of carbonyl (C=O) groups excluding carboxylic acids is 1. The van der Waals surface area contributed by atoms with Crippen LogP contribution in [-0.4, -0.2) is 18.5 Å². The molecule has 1 aromatic rings. The number of nitrogens with two attached hydrogens (primary N) is 1. The van der Waals surface area contributed by atoms with Crippen molar-refractivity contribution < 1.29 is 4.79 Å². The molecule has 1 aliphatic carbocycles. The van der Waals surface area contributed by atoms with Crippen LogP contribution in [0.4, 0.5) is 11.4 Å². The predicted octanol–water partition coefficient (Wildman–Crippen LogP) is 4.61. The molecule has 0 heterocycles. The van der Waals surface area contributed by atoms with Gasteiger partial charge in [0.15, 0.2) is 0 Å². The van der Waals surface area contributed by atoms with E-state index in [9.17, 15) is 4.79 Å². The van der Waals surface area contributed by atoms with Crippen molar-refractivity contribution in [2.24, 2.45) is 5.73 Å². The van der Waals surface area contributed by atoms with Gasteiger partial charge in [-0.2, -0.15) is 0 Å². The number of rotatable bonds is 9. The number of amides is 1. The molecule has 0 aromatic heterocycles. The highest BCUT2D eigenvalue weighted by atomic mass is 35.5. The number of benzene rings is 1. The van der Waals surface area contributed by atoms with Crippen LogP contribution in [0.3, 0.4) is 0 Å². The van der Waals surface area contributed by atoms with Crippen LogP contribution in [0.25, 0.3) is 0 Å². The summed E-state index contributed by atoms with van der Waals surface area (Å²) in [7, 11) is 0. The van der Waals surface area contributed by atoms with E-state index >= 15 is 0 Å². The van der Waals surface area contributed by atoms with Gasteiger partial charge in [0.2, 0.25) is 5.91 Å². The van der Waals surface area contributed by atoms with Gasteiger partial charge in [-0.3, -0.25) is 4.79 Å². The quantitative estimate of drug-likeness (QED) is 0.546. The van der Waals surface area contributed by atoms with Crippen molar-refractivity contribution in [3.63, 3.8) is 0 Å². The van der Waals surface area contributed by atoms with E-state index in [2.05, 4.69) is 10.6 Å². The van der Waals surface area contributed by atoms with Gasteiger partial charge < -0.3 is 16.4 Å². The van der Waals surface area contributed by atoms with Gasteiger partial charge in [0.05, 0.1) is 11.4 Å². The monoisotopic (exact) mass is 381 g/mol. The fourth-order valence-electron chi connectivity index (χ4n) is 2.19. The summed E-state index contributed by atoms with van der Waals surface area (Å²) in [5, 5.41) is 7.01. The minimum atomic E-state index is 0. The largest absolute Gasteiger partial charge is 0.381 e. The Morgan fingerprint density at radius 3 is 2.48 bits per heavy atom. The lowest BCUT2D eigenvalue weighted by atomic mass is 10.1. The second-order valence-electron chi connectivity index (χ2n) is 5.61. The van der Waals surface area contributed by atoms with Crippen molar-refractivity contribution in [3.05, 3.63) is 23.2 Å². The topological polar surface area (TPSA) is 67.2 Å². The average molecular weight is 383 g/mol. The van der Waals surface area contributed by atoms with E-state index in [4.69, 9.17) is 17.3 Å². The fourth-order valence-corrected chi connectivity index (χ4v) is 2.36. The van der Waals surface area contributed by atoms with Crippen molar-refractivity contribution in [2.75, 3.05) is 17.2 Å². The molecule has 0 bridgehead atoms.